The molecule has 0 aliphatic carbocycles. The minimum absolute atomic E-state index is 0.00183. The van der Waals surface area contributed by atoms with Gasteiger partial charge in [0.25, 0.3) is 0 Å². The fourth-order valence-electron chi connectivity index (χ4n) is 2.42. The number of carbonyl (C=O) groups excluding carboxylic acids is 1. The Morgan fingerprint density at radius 1 is 1.16 bits per heavy atom. The SMILES string of the molecule is O=C(OCc1ccccc1)N1CC2OCCO[C@@H]2C1. The van der Waals surface area contributed by atoms with E-state index in [-0.39, 0.29) is 18.3 Å². The van der Waals surface area contributed by atoms with Gasteiger partial charge in [0.1, 0.15) is 18.8 Å². The van der Waals surface area contributed by atoms with Crippen molar-refractivity contribution in [3.05, 3.63) is 35.9 Å². The predicted molar refractivity (Wildman–Crippen MR) is 67.7 cm³/mol. The predicted octanol–water partition coefficient (Wildman–Crippen LogP) is 1.42. The van der Waals surface area contributed by atoms with Crippen LogP contribution in [0.4, 0.5) is 4.79 Å². The summed E-state index contributed by atoms with van der Waals surface area (Å²) in [6.07, 6.45) is -0.304. The van der Waals surface area contributed by atoms with E-state index >= 15 is 0 Å². The molecule has 102 valence electrons. The van der Waals surface area contributed by atoms with Gasteiger partial charge in [-0.2, -0.15) is 0 Å². The molecule has 2 fully saturated rings. The number of ether oxygens (including phenoxy) is 3. The van der Waals surface area contributed by atoms with Crippen LogP contribution in [-0.4, -0.2) is 49.5 Å². The van der Waals surface area contributed by atoms with Crippen LogP contribution in [0.2, 0.25) is 0 Å². The lowest BCUT2D eigenvalue weighted by molar-refractivity contribution is -0.116. The summed E-state index contributed by atoms with van der Waals surface area (Å²) in [5, 5.41) is 0. The summed E-state index contributed by atoms with van der Waals surface area (Å²) >= 11 is 0. The smallest absolute Gasteiger partial charge is 0.410 e. The third-order valence-corrected chi connectivity index (χ3v) is 3.43. The first kappa shape index (κ1) is 12.4. The Hall–Kier alpha value is -1.59. The molecule has 0 N–H and O–H groups in total. The van der Waals surface area contributed by atoms with Crippen molar-refractivity contribution in [3.8, 4) is 0 Å². The molecule has 0 bridgehead atoms. The van der Waals surface area contributed by atoms with E-state index in [0.717, 1.165) is 5.56 Å². The molecule has 2 heterocycles. The molecular formula is C14H17NO4. The summed E-state index contributed by atoms with van der Waals surface area (Å²) in [6.45, 7) is 2.62. The first-order valence-electron chi connectivity index (χ1n) is 6.52. The molecule has 1 aromatic rings. The lowest BCUT2D eigenvalue weighted by Gasteiger charge is -2.24. The van der Waals surface area contributed by atoms with Gasteiger partial charge in [-0.3, -0.25) is 0 Å². The quantitative estimate of drug-likeness (QED) is 0.809. The zero-order valence-corrected chi connectivity index (χ0v) is 10.7. The van der Waals surface area contributed by atoms with Crippen LogP contribution in [0.25, 0.3) is 0 Å². The van der Waals surface area contributed by atoms with Gasteiger partial charge in [-0.1, -0.05) is 30.3 Å². The van der Waals surface area contributed by atoms with Crippen molar-refractivity contribution in [3.63, 3.8) is 0 Å². The van der Waals surface area contributed by atoms with Crippen molar-refractivity contribution in [2.75, 3.05) is 26.3 Å². The van der Waals surface area contributed by atoms with Gasteiger partial charge in [0.05, 0.1) is 26.3 Å². The normalized spacial score (nSPS) is 26.0. The molecule has 3 rings (SSSR count). The van der Waals surface area contributed by atoms with Crippen LogP contribution in [0.3, 0.4) is 0 Å². The third-order valence-electron chi connectivity index (χ3n) is 3.43. The Balaban J connectivity index is 1.51. The monoisotopic (exact) mass is 263 g/mol. The van der Waals surface area contributed by atoms with Crippen molar-refractivity contribution in [1.82, 2.24) is 4.90 Å². The Morgan fingerprint density at radius 3 is 2.42 bits per heavy atom. The summed E-state index contributed by atoms with van der Waals surface area (Å²) in [7, 11) is 0. The number of nitrogens with zero attached hydrogens (tertiary/aromatic N) is 1. The zero-order chi connectivity index (χ0) is 13.1. The van der Waals surface area contributed by atoms with Crippen molar-refractivity contribution < 1.29 is 19.0 Å². The highest BCUT2D eigenvalue weighted by atomic mass is 16.6. The Morgan fingerprint density at radius 2 is 1.79 bits per heavy atom. The standard InChI is InChI=1S/C14H17NO4/c16-14(19-10-11-4-2-1-3-5-11)15-8-12-13(9-15)18-7-6-17-12/h1-5,12-13H,6-10H2/t12-,13?/m1/s1. The van der Waals surface area contributed by atoms with E-state index in [4.69, 9.17) is 14.2 Å². The number of hydrogen-bond acceptors (Lipinski definition) is 4. The topological polar surface area (TPSA) is 48.0 Å². The van der Waals surface area contributed by atoms with E-state index in [1.807, 2.05) is 30.3 Å². The summed E-state index contributed by atoms with van der Waals surface area (Å²) in [4.78, 5) is 13.6. The van der Waals surface area contributed by atoms with Gasteiger partial charge in [-0.15, -0.1) is 0 Å². The summed E-state index contributed by atoms with van der Waals surface area (Å²) < 4.78 is 16.4. The maximum atomic E-state index is 12.0. The van der Waals surface area contributed by atoms with Crippen molar-refractivity contribution in [2.45, 2.75) is 18.8 Å². The number of carbonyl (C=O) groups is 1. The average Bonchev–Trinajstić information content (AvgIpc) is 2.90. The van der Waals surface area contributed by atoms with Crippen LogP contribution >= 0.6 is 0 Å². The van der Waals surface area contributed by atoms with Crippen molar-refractivity contribution >= 4 is 6.09 Å². The molecule has 2 saturated heterocycles. The van der Waals surface area contributed by atoms with E-state index in [1.54, 1.807) is 4.90 Å². The Labute approximate surface area is 112 Å². The fourth-order valence-corrected chi connectivity index (χ4v) is 2.42. The number of rotatable bonds is 2. The molecule has 0 spiro atoms. The molecule has 5 nitrogen and oxygen atoms in total. The highest BCUT2D eigenvalue weighted by Gasteiger charge is 2.39. The Bertz CT molecular complexity index is 422. The van der Waals surface area contributed by atoms with E-state index in [2.05, 4.69) is 0 Å². The van der Waals surface area contributed by atoms with Crippen molar-refractivity contribution in [2.24, 2.45) is 0 Å². The van der Waals surface area contributed by atoms with Gasteiger partial charge >= 0.3 is 6.09 Å². The molecule has 0 radical (unpaired) electrons. The van der Waals surface area contributed by atoms with Crippen LogP contribution in [0.15, 0.2) is 30.3 Å². The first-order valence-corrected chi connectivity index (χ1v) is 6.52. The second kappa shape index (κ2) is 5.59. The fraction of sp³-hybridized carbons (Fsp3) is 0.500. The number of amides is 1. The van der Waals surface area contributed by atoms with Gasteiger partial charge < -0.3 is 19.1 Å². The molecule has 1 amide bonds. The number of benzene rings is 1. The van der Waals surface area contributed by atoms with E-state index < -0.39 is 0 Å². The summed E-state index contributed by atoms with van der Waals surface area (Å²) in [5.41, 5.74) is 0.986. The van der Waals surface area contributed by atoms with Gasteiger partial charge in [0.2, 0.25) is 0 Å². The van der Waals surface area contributed by atoms with Crippen LogP contribution in [0.1, 0.15) is 5.56 Å². The molecule has 1 aromatic carbocycles. The first-order chi connectivity index (χ1) is 9.33. The summed E-state index contributed by atoms with van der Waals surface area (Å²) in [6, 6.07) is 9.65. The maximum absolute atomic E-state index is 12.0. The molecule has 2 atom stereocenters. The molecule has 19 heavy (non-hydrogen) atoms. The number of fused-ring (bicyclic) bond motifs is 1. The molecular weight excluding hydrogens is 246 g/mol. The van der Waals surface area contributed by atoms with Crippen molar-refractivity contribution in [1.29, 1.82) is 0 Å². The lowest BCUT2D eigenvalue weighted by atomic mass is 10.2. The molecule has 1 unspecified atom stereocenters. The summed E-state index contributed by atoms with van der Waals surface area (Å²) in [5.74, 6) is 0. The number of likely N-dealkylation sites (tertiary alicyclic amines) is 1. The van der Waals surface area contributed by atoms with Gasteiger partial charge in [0.15, 0.2) is 0 Å². The average molecular weight is 263 g/mol. The van der Waals surface area contributed by atoms with Gasteiger partial charge in [0, 0.05) is 0 Å². The second-order valence-electron chi connectivity index (χ2n) is 4.76. The van der Waals surface area contributed by atoms with Crippen LogP contribution in [0.5, 0.6) is 0 Å². The maximum Gasteiger partial charge on any atom is 0.410 e. The largest absolute Gasteiger partial charge is 0.445 e. The van der Waals surface area contributed by atoms with E-state index in [9.17, 15) is 4.79 Å². The Kier molecular flexibility index (Phi) is 3.66. The van der Waals surface area contributed by atoms with E-state index in [0.29, 0.717) is 32.9 Å². The second-order valence-corrected chi connectivity index (χ2v) is 4.76. The van der Waals surface area contributed by atoms with E-state index in [1.165, 1.54) is 0 Å². The lowest BCUT2D eigenvalue weighted by Crippen LogP contribution is -2.36. The molecule has 5 heteroatoms. The zero-order valence-electron chi connectivity index (χ0n) is 10.7. The molecule has 0 aromatic heterocycles. The minimum atomic E-state index is -0.301. The number of hydrogen-bond donors (Lipinski definition) is 0. The van der Waals surface area contributed by atoms with Crippen LogP contribution in [0, 0.1) is 0 Å². The van der Waals surface area contributed by atoms with Gasteiger partial charge in [-0.25, -0.2) is 4.79 Å². The molecule has 2 aliphatic heterocycles. The highest BCUT2D eigenvalue weighted by Crippen LogP contribution is 2.20. The molecule has 0 saturated carbocycles. The van der Waals surface area contributed by atoms with Crippen LogP contribution in [-0.2, 0) is 20.8 Å². The minimum Gasteiger partial charge on any atom is -0.445 e. The molecule has 2 aliphatic rings. The van der Waals surface area contributed by atoms with Crippen LogP contribution < -0.4 is 0 Å². The third kappa shape index (κ3) is 2.88. The van der Waals surface area contributed by atoms with Gasteiger partial charge in [-0.05, 0) is 5.56 Å². The highest BCUT2D eigenvalue weighted by molar-refractivity contribution is 5.68.